The maximum Gasteiger partial charge on any atom is 0.0642 e. The number of halogens is 1. The van der Waals surface area contributed by atoms with Gasteiger partial charge in [-0.3, -0.25) is 4.98 Å². The zero-order valence-corrected chi connectivity index (χ0v) is 11.8. The highest BCUT2D eigenvalue weighted by Crippen LogP contribution is 2.28. The third kappa shape index (κ3) is 3.46. The summed E-state index contributed by atoms with van der Waals surface area (Å²) in [6.45, 7) is 1.39. The molecule has 19 heavy (non-hydrogen) atoms. The Hall–Kier alpha value is -1.58. The Labute approximate surface area is 119 Å². The first kappa shape index (κ1) is 13.8. The number of rotatable bonds is 5. The van der Waals surface area contributed by atoms with Gasteiger partial charge in [0.15, 0.2) is 0 Å². The van der Waals surface area contributed by atoms with Gasteiger partial charge in [-0.1, -0.05) is 23.7 Å². The lowest BCUT2D eigenvalue weighted by Gasteiger charge is -2.23. The fraction of sp³-hybridized carbons (Fsp3) is 0.267. The zero-order valence-electron chi connectivity index (χ0n) is 11.0. The number of pyridine rings is 1. The number of nitrogens with zero attached hydrogens (tertiary/aromatic N) is 2. The number of hydrogen-bond acceptors (Lipinski definition) is 3. The van der Waals surface area contributed by atoms with Crippen LogP contribution in [0, 0.1) is 0 Å². The third-order valence-corrected chi connectivity index (χ3v) is 3.46. The molecule has 0 aliphatic rings. The van der Waals surface area contributed by atoms with E-state index in [2.05, 4.69) is 9.88 Å². The van der Waals surface area contributed by atoms with Crippen LogP contribution < -0.4 is 10.6 Å². The summed E-state index contributed by atoms with van der Waals surface area (Å²) < 4.78 is 0. The molecule has 0 unspecified atom stereocenters. The van der Waals surface area contributed by atoms with Gasteiger partial charge in [0, 0.05) is 32.5 Å². The number of anilines is 1. The molecule has 0 aliphatic heterocycles. The van der Waals surface area contributed by atoms with Crippen LogP contribution in [0.3, 0.4) is 0 Å². The summed E-state index contributed by atoms with van der Waals surface area (Å²) in [5, 5.41) is 0.750. The minimum atomic E-state index is 0.496. The van der Waals surface area contributed by atoms with E-state index in [1.807, 2.05) is 49.8 Å². The molecule has 100 valence electrons. The molecule has 0 spiro atoms. The Morgan fingerprint density at radius 3 is 2.63 bits per heavy atom. The first-order valence-corrected chi connectivity index (χ1v) is 6.67. The van der Waals surface area contributed by atoms with Crippen molar-refractivity contribution >= 4 is 17.3 Å². The Morgan fingerprint density at radius 2 is 1.95 bits per heavy atom. The first-order valence-electron chi connectivity index (χ1n) is 6.30. The molecule has 0 radical (unpaired) electrons. The summed E-state index contributed by atoms with van der Waals surface area (Å²) >= 11 is 6.28. The van der Waals surface area contributed by atoms with Gasteiger partial charge in [-0.15, -0.1) is 0 Å². The molecule has 0 amide bonds. The average Bonchev–Trinajstić information content (AvgIpc) is 2.45. The first-order chi connectivity index (χ1) is 9.22. The molecule has 0 saturated carbocycles. The van der Waals surface area contributed by atoms with Gasteiger partial charge in [0.05, 0.1) is 10.7 Å². The SMILES string of the molecule is CN(CCc1ccncc1)c1c(Cl)cccc1CN. The smallest absolute Gasteiger partial charge is 0.0642 e. The quantitative estimate of drug-likeness (QED) is 0.912. The molecule has 3 nitrogen and oxygen atoms in total. The summed E-state index contributed by atoms with van der Waals surface area (Å²) in [6.07, 6.45) is 4.58. The normalized spacial score (nSPS) is 10.5. The summed E-state index contributed by atoms with van der Waals surface area (Å²) in [5.74, 6) is 0. The van der Waals surface area contributed by atoms with Crippen molar-refractivity contribution in [2.45, 2.75) is 13.0 Å². The third-order valence-electron chi connectivity index (χ3n) is 3.16. The van der Waals surface area contributed by atoms with Gasteiger partial charge in [0.25, 0.3) is 0 Å². The van der Waals surface area contributed by atoms with Gasteiger partial charge in [0.2, 0.25) is 0 Å². The van der Waals surface area contributed by atoms with E-state index in [1.54, 1.807) is 0 Å². The molecule has 0 bridgehead atoms. The largest absolute Gasteiger partial charge is 0.373 e. The van der Waals surface area contributed by atoms with E-state index in [0.29, 0.717) is 6.54 Å². The van der Waals surface area contributed by atoms with Gasteiger partial charge in [-0.2, -0.15) is 0 Å². The van der Waals surface area contributed by atoms with Crippen LogP contribution in [0.5, 0.6) is 0 Å². The van der Waals surface area contributed by atoms with E-state index in [4.69, 9.17) is 17.3 Å². The molecular weight excluding hydrogens is 258 g/mol. The van der Waals surface area contributed by atoms with Crippen LogP contribution in [0.25, 0.3) is 0 Å². The van der Waals surface area contributed by atoms with Crippen molar-refractivity contribution in [2.24, 2.45) is 5.73 Å². The Balaban J connectivity index is 2.10. The fourth-order valence-corrected chi connectivity index (χ4v) is 2.45. The van der Waals surface area contributed by atoms with Gasteiger partial charge in [0.1, 0.15) is 0 Å². The highest BCUT2D eigenvalue weighted by atomic mass is 35.5. The van der Waals surface area contributed by atoms with Gasteiger partial charge in [-0.05, 0) is 35.7 Å². The number of aromatic nitrogens is 1. The zero-order chi connectivity index (χ0) is 13.7. The topological polar surface area (TPSA) is 42.2 Å². The standard InChI is InChI=1S/C15H18ClN3/c1-19(10-7-12-5-8-18-9-6-12)15-13(11-17)3-2-4-14(15)16/h2-6,8-9H,7,10-11,17H2,1H3. The predicted octanol–water partition coefficient (Wildman–Crippen LogP) is 2.87. The van der Waals surface area contributed by atoms with Gasteiger partial charge < -0.3 is 10.6 Å². The van der Waals surface area contributed by atoms with Gasteiger partial charge in [-0.25, -0.2) is 0 Å². The van der Waals surface area contributed by atoms with Crippen LogP contribution in [-0.2, 0) is 13.0 Å². The van der Waals surface area contributed by atoms with E-state index in [1.165, 1.54) is 5.56 Å². The van der Waals surface area contributed by atoms with Crippen molar-refractivity contribution in [2.75, 3.05) is 18.5 Å². The van der Waals surface area contributed by atoms with Crippen LogP contribution >= 0.6 is 11.6 Å². The molecule has 0 aliphatic carbocycles. The summed E-state index contributed by atoms with van der Waals surface area (Å²) in [4.78, 5) is 6.18. The molecule has 1 aromatic carbocycles. The molecule has 4 heteroatoms. The summed E-state index contributed by atoms with van der Waals surface area (Å²) in [5.41, 5.74) is 9.14. The number of benzene rings is 1. The van der Waals surface area contributed by atoms with Crippen molar-refractivity contribution in [1.82, 2.24) is 4.98 Å². The highest BCUT2D eigenvalue weighted by molar-refractivity contribution is 6.33. The molecule has 0 fully saturated rings. The lowest BCUT2D eigenvalue weighted by atomic mass is 10.1. The molecule has 2 N–H and O–H groups in total. The number of para-hydroxylation sites is 1. The van der Waals surface area contributed by atoms with E-state index < -0.39 is 0 Å². The maximum absolute atomic E-state index is 6.28. The average molecular weight is 276 g/mol. The lowest BCUT2D eigenvalue weighted by Crippen LogP contribution is -2.22. The second-order valence-electron chi connectivity index (χ2n) is 4.48. The molecular formula is C15H18ClN3. The van der Waals surface area contributed by atoms with E-state index >= 15 is 0 Å². The Bertz CT molecular complexity index is 528. The maximum atomic E-state index is 6.28. The van der Waals surface area contributed by atoms with Crippen LogP contribution in [0.1, 0.15) is 11.1 Å². The van der Waals surface area contributed by atoms with E-state index in [9.17, 15) is 0 Å². The van der Waals surface area contributed by atoms with Crippen molar-refractivity contribution in [3.63, 3.8) is 0 Å². The van der Waals surface area contributed by atoms with Crippen LogP contribution in [-0.4, -0.2) is 18.6 Å². The second kappa shape index (κ2) is 6.55. The van der Waals surface area contributed by atoms with Gasteiger partial charge >= 0.3 is 0 Å². The van der Waals surface area contributed by atoms with E-state index in [-0.39, 0.29) is 0 Å². The Kier molecular flexibility index (Phi) is 4.77. The van der Waals surface area contributed by atoms with E-state index in [0.717, 1.165) is 29.2 Å². The predicted molar refractivity (Wildman–Crippen MR) is 80.6 cm³/mol. The lowest BCUT2D eigenvalue weighted by molar-refractivity contribution is 0.864. The number of likely N-dealkylation sites (N-methyl/N-ethyl adjacent to an activating group) is 1. The molecule has 2 aromatic rings. The second-order valence-corrected chi connectivity index (χ2v) is 4.89. The van der Waals surface area contributed by atoms with Crippen molar-refractivity contribution in [3.8, 4) is 0 Å². The number of nitrogens with two attached hydrogens (primary N) is 1. The summed E-state index contributed by atoms with van der Waals surface area (Å²) in [6, 6.07) is 9.92. The Morgan fingerprint density at radius 1 is 1.21 bits per heavy atom. The molecule has 1 aromatic heterocycles. The highest BCUT2D eigenvalue weighted by Gasteiger charge is 2.10. The summed E-state index contributed by atoms with van der Waals surface area (Å²) in [7, 11) is 2.04. The monoisotopic (exact) mass is 275 g/mol. The van der Waals surface area contributed by atoms with Crippen molar-refractivity contribution < 1.29 is 0 Å². The minimum Gasteiger partial charge on any atom is -0.373 e. The van der Waals surface area contributed by atoms with Crippen molar-refractivity contribution in [1.29, 1.82) is 0 Å². The molecule has 2 rings (SSSR count). The van der Waals surface area contributed by atoms with Crippen molar-refractivity contribution in [3.05, 3.63) is 58.9 Å². The fourth-order valence-electron chi connectivity index (χ4n) is 2.11. The van der Waals surface area contributed by atoms with Crippen LogP contribution in [0.4, 0.5) is 5.69 Å². The minimum absolute atomic E-state index is 0.496. The molecule has 0 saturated heterocycles. The molecule has 0 atom stereocenters. The number of hydrogen-bond donors (Lipinski definition) is 1. The molecule has 1 heterocycles. The van der Waals surface area contributed by atoms with Crippen LogP contribution in [0.2, 0.25) is 5.02 Å². The van der Waals surface area contributed by atoms with Crippen LogP contribution in [0.15, 0.2) is 42.7 Å².